The van der Waals surface area contributed by atoms with Gasteiger partial charge in [-0.2, -0.15) is 0 Å². The minimum absolute atomic E-state index is 0.106. The van der Waals surface area contributed by atoms with Gasteiger partial charge in [0.25, 0.3) is 0 Å². The number of rotatable bonds is 7. The molecule has 0 bridgehead atoms. The Labute approximate surface area is 183 Å². The number of hydrogen-bond acceptors (Lipinski definition) is 5. The Morgan fingerprint density at radius 3 is 2.26 bits per heavy atom. The van der Waals surface area contributed by atoms with Crippen molar-refractivity contribution in [3.8, 4) is 17.2 Å². The van der Waals surface area contributed by atoms with Gasteiger partial charge in [-0.25, -0.2) is 4.79 Å². The van der Waals surface area contributed by atoms with E-state index in [1.165, 1.54) is 18.4 Å². The van der Waals surface area contributed by atoms with Crippen LogP contribution < -0.4 is 19.5 Å². The number of amides is 2. The van der Waals surface area contributed by atoms with E-state index in [0.717, 1.165) is 19.5 Å². The molecule has 2 fully saturated rings. The number of hydrogen-bond donors (Lipinski definition) is 1. The molecule has 31 heavy (non-hydrogen) atoms. The second kappa shape index (κ2) is 9.47. The van der Waals surface area contributed by atoms with Crippen LogP contribution in [0.25, 0.3) is 0 Å². The summed E-state index contributed by atoms with van der Waals surface area (Å²) < 4.78 is 16.2. The number of nitrogens with zero attached hydrogens (tertiary/aromatic N) is 2. The molecule has 1 N–H and O–H groups in total. The van der Waals surface area contributed by atoms with E-state index in [9.17, 15) is 4.79 Å². The van der Waals surface area contributed by atoms with Crippen molar-refractivity contribution in [3.63, 3.8) is 0 Å². The highest BCUT2D eigenvalue weighted by molar-refractivity contribution is 5.90. The second-order valence-electron chi connectivity index (χ2n) is 8.11. The number of benzene rings is 2. The molecule has 1 atom stereocenters. The SMILES string of the molecule is COc1cc(NC(=O)N2CCN(C3CC3)CC2Cc2ccccc2)cc(OC)c1OC. The van der Waals surface area contributed by atoms with Crippen LogP contribution in [0.1, 0.15) is 18.4 Å². The summed E-state index contributed by atoms with van der Waals surface area (Å²) >= 11 is 0. The first-order valence-electron chi connectivity index (χ1n) is 10.8. The number of methoxy groups -OCH3 is 3. The molecule has 1 unspecified atom stereocenters. The summed E-state index contributed by atoms with van der Waals surface area (Å²) in [6.45, 7) is 2.53. The van der Waals surface area contributed by atoms with Crippen LogP contribution in [-0.4, -0.2) is 68.9 Å². The lowest BCUT2D eigenvalue weighted by Gasteiger charge is -2.41. The molecular formula is C24H31N3O4. The van der Waals surface area contributed by atoms with E-state index in [0.29, 0.717) is 35.5 Å². The van der Waals surface area contributed by atoms with Gasteiger partial charge in [0.2, 0.25) is 5.75 Å². The fourth-order valence-corrected chi connectivity index (χ4v) is 4.33. The highest BCUT2D eigenvalue weighted by atomic mass is 16.5. The third-order valence-corrected chi connectivity index (χ3v) is 6.07. The van der Waals surface area contributed by atoms with Crippen molar-refractivity contribution < 1.29 is 19.0 Å². The van der Waals surface area contributed by atoms with Crippen molar-refractivity contribution >= 4 is 11.7 Å². The number of ether oxygens (including phenoxy) is 3. The van der Waals surface area contributed by atoms with Crippen LogP contribution in [0.15, 0.2) is 42.5 Å². The van der Waals surface area contributed by atoms with Crippen LogP contribution in [0, 0.1) is 0 Å². The maximum absolute atomic E-state index is 13.3. The molecule has 0 aromatic heterocycles. The summed E-state index contributed by atoms with van der Waals surface area (Å²) in [6.07, 6.45) is 3.39. The van der Waals surface area contributed by atoms with Gasteiger partial charge >= 0.3 is 6.03 Å². The molecule has 2 aliphatic rings. The fourth-order valence-electron chi connectivity index (χ4n) is 4.33. The maximum atomic E-state index is 13.3. The number of carbonyl (C=O) groups is 1. The van der Waals surface area contributed by atoms with Crippen molar-refractivity contribution in [3.05, 3.63) is 48.0 Å². The molecule has 1 aliphatic heterocycles. The molecule has 0 radical (unpaired) electrons. The molecule has 2 aromatic carbocycles. The number of nitrogens with one attached hydrogen (secondary N) is 1. The van der Waals surface area contributed by atoms with Gasteiger partial charge in [-0.1, -0.05) is 30.3 Å². The Hall–Kier alpha value is -2.93. The third kappa shape index (κ3) is 4.88. The molecule has 1 saturated heterocycles. The van der Waals surface area contributed by atoms with Gasteiger partial charge in [-0.3, -0.25) is 4.90 Å². The molecule has 2 amide bonds. The number of piperazine rings is 1. The third-order valence-electron chi connectivity index (χ3n) is 6.07. The predicted molar refractivity (Wildman–Crippen MR) is 120 cm³/mol. The molecule has 1 saturated carbocycles. The van der Waals surface area contributed by atoms with E-state index in [-0.39, 0.29) is 12.1 Å². The van der Waals surface area contributed by atoms with Gasteiger partial charge in [-0.15, -0.1) is 0 Å². The highest BCUT2D eigenvalue weighted by Crippen LogP contribution is 2.40. The average Bonchev–Trinajstić information content (AvgIpc) is 3.64. The Kier molecular flexibility index (Phi) is 6.51. The number of urea groups is 1. The van der Waals surface area contributed by atoms with E-state index < -0.39 is 0 Å². The van der Waals surface area contributed by atoms with E-state index in [1.807, 2.05) is 11.0 Å². The van der Waals surface area contributed by atoms with E-state index in [4.69, 9.17) is 14.2 Å². The van der Waals surface area contributed by atoms with Crippen molar-refractivity contribution in [2.75, 3.05) is 46.3 Å². The maximum Gasteiger partial charge on any atom is 0.322 e. The zero-order chi connectivity index (χ0) is 21.8. The molecule has 1 heterocycles. The van der Waals surface area contributed by atoms with E-state index >= 15 is 0 Å². The highest BCUT2D eigenvalue weighted by Gasteiger charge is 2.37. The van der Waals surface area contributed by atoms with Crippen molar-refractivity contribution in [2.24, 2.45) is 0 Å². The van der Waals surface area contributed by atoms with E-state index in [1.54, 1.807) is 33.5 Å². The predicted octanol–water partition coefficient (Wildman–Crippen LogP) is 3.64. The molecule has 7 heteroatoms. The van der Waals surface area contributed by atoms with E-state index in [2.05, 4.69) is 34.5 Å². The summed E-state index contributed by atoms with van der Waals surface area (Å²) in [5.41, 5.74) is 1.86. The Morgan fingerprint density at radius 2 is 1.68 bits per heavy atom. The Bertz CT molecular complexity index is 876. The summed E-state index contributed by atoms with van der Waals surface area (Å²) in [6, 6.07) is 14.6. The van der Waals surface area contributed by atoms with Gasteiger partial charge in [0.05, 0.1) is 33.1 Å². The fraction of sp³-hybridized carbons (Fsp3) is 0.458. The second-order valence-corrected chi connectivity index (χ2v) is 8.11. The van der Waals surface area contributed by atoms with Gasteiger partial charge in [0.1, 0.15) is 0 Å². The van der Waals surface area contributed by atoms with Crippen LogP contribution in [0.2, 0.25) is 0 Å². The summed E-state index contributed by atoms with van der Waals surface area (Å²) in [7, 11) is 4.69. The summed E-state index contributed by atoms with van der Waals surface area (Å²) in [4.78, 5) is 17.8. The van der Waals surface area contributed by atoms with Crippen LogP contribution in [0.5, 0.6) is 17.2 Å². The van der Waals surface area contributed by atoms with Crippen LogP contribution in [-0.2, 0) is 6.42 Å². The van der Waals surface area contributed by atoms with Crippen molar-refractivity contribution in [1.82, 2.24) is 9.80 Å². The quantitative estimate of drug-likeness (QED) is 0.734. The zero-order valence-electron chi connectivity index (χ0n) is 18.5. The monoisotopic (exact) mass is 425 g/mol. The molecule has 166 valence electrons. The van der Waals surface area contributed by atoms with Gasteiger partial charge in [0, 0.05) is 37.8 Å². The van der Waals surface area contributed by atoms with Gasteiger partial charge < -0.3 is 24.4 Å². The lowest BCUT2D eigenvalue weighted by Crippen LogP contribution is -2.57. The standard InChI is InChI=1S/C24H31N3O4/c1-29-21-14-18(15-22(30-2)23(21)31-3)25-24(28)27-12-11-26(19-9-10-19)16-20(27)13-17-7-5-4-6-8-17/h4-8,14-15,19-20H,9-13,16H2,1-3H3,(H,25,28). The normalized spacial score (nSPS) is 19.1. The first-order valence-corrected chi connectivity index (χ1v) is 10.8. The van der Waals surface area contributed by atoms with Crippen molar-refractivity contribution in [2.45, 2.75) is 31.3 Å². The number of anilines is 1. The smallest absolute Gasteiger partial charge is 0.322 e. The molecule has 1 aliphatic carbocycles. The summed E-state index contributed by atoms with van der Waals surface area (Å²) in [5.74, 6) is 1.52. The molecule has 2 aromatic rings. The van der Waals surface area contributed by atoms with Crippen LogP contribution >= 0.6 is 0 Å². The minimum atomic E-state index is -0.106. The van der Waals surface area contributed by atoms with Crippen LogP contribution in [0.3, 0.4) is 0 Å². The van der Waals surface area contributed by atoms with Gasteiger partial charge in [-0.05, 0) is 24.8 Å². The lowest BCUT2D eigenvalue weighted by atomic mass is 10.0. The average molecular weight is 426 g/mol. The Morgan fingerprint density at radius 1 is 1.00 bits per heavy atom. The molecule has 4 rings (SSSR count). The molecule has 0 spiro atoms. The topological polar surface area (TPSA) is 63.3 Å². The zero-order valence-corrected chi connectivity index (χ0v) is 18.5. The number of carbonyl (C=O) groups excluding carboxylic acids is 1. The van der Waals surface area contributed by atoms with Crippen molar-refractivity contribution in [1.29, 1.82) is 0 Å². The van der Waals surface area contributed by atoms with Gasteiger partial charge in [0.15, 0.2) is 11.5 Å². The lowest BCUT2D eigenvalue weighted by molar-refractivity contribution is 0.0954. The summed E-state index contributed by atoms with van der Waals surface area (Å²) in [5, 5.41) is 3.04. The molecular weight excluding hydrogens is 394 g/mol. The van der Waals surface area contributed by atoms with Crippen LogP contribution in [0.4, 0.5) is 10.5 Å². The largest absolute Gasteiger partial charge is 0.493 e. The Balaban J connectivity index is 1.52. The molecule has 7 nitrogen and oxygen atoms in total. The first-order chi connectivity index (χ1) is 15.1. The first kappa shape index (κ1) is 21.3. The minimum Gasteiger partial charge on any atom is -0.493 e.